The molecule has 348 valence electrons. The normalized spacial score (nSPS) is 16.1. The van der Waals surface area contributed by atoms with Crippen molar-refractivity contribution in [3.05, 3.63) is 129 Å². The standard InChI is InChI=1S/C51H64Cl2N6O6/c1-54-50(62)46(58-32-28-56(29-33-58)26-6-4-8-36-64-44-22-14-40(15-23-44)48(60)38-10-18-42(52)19-11-38)47(51(63)55(2)3)59-34-30-57(31-35-59)27-7-5-9-37-65-45-24-16-41(17-25-45)49(61)39-12-20-43(53)21-13-39/h10-25,46-47H,4-9,26-37H2,1-3H3,(H,54,62). The van der Waals surface area contributed by atoms with Gasteiger partial charge in [0.05, 0.1) is 13.2 Å². The highest BCUT2D eigenvalue weighted by Crippen LogP contribution is 2.22. The van der Waals surface area contributed by atoms with Crippen LogP contribution in [0.25, 0.3) is 0 Å². The molecule has 2 saturated heterocycles. The quantitative estimate of drug-likeness (QED) is 0.0613. The second-order valence-corrected chi connectivity index (χ2v) is 17.9. The molecule has 2 aliphatic heterocycles. The molecule has 4 aromatic rings. The first kappa shape index (κ1) is 49.6. The Bertz CT molecular complexity index is 2120. The Balaban J connectivity index is 0.875. The summed E-state index contributed by atoms with van der Waals surface area (Å²) in [6.07, 6.45) is 6.00. The fourth-order valence-corrected chi connectivity index (χ4v) is 8.74. The summed E-state index contributed by atoms with van der Waals surface area (Å²) >= 11 is 11.9. The van der Waals surface area contributed by atoms with Crippen LogP contribution in [0.15, 0.2) is 97.1 Å². The molecule has 0 radical (unpaired) electrons. The Kier molecular flexibility index (Phi) is 19.2. The number of ether oxygens (including phenoxy) is 2. The van der Waals surface area contributed by atoms with E-state index in [1.807, 2.05) is 24.3 Å². The molecule has 0 saturated carbocycles. The van der Waals surface area contributed by atoms with Crippen molar-refractivity contribution in [2.45, 2.75) is 50.6 Å². The van der Waals surface area contributed by atoms with Crippen molar-refractivity contribution in [2.75, 3.05) is 99.8 Å². The molecule has 2 heterocycles. The summed E-state index contributed by atoms with van der Waals surface area (Å²) in [4.78, 5) is 64.0. The first-order valence-electron chi connectivity index (χ1n) is 22.9. The van der Waals surface area contributed by atoms with E-state index in [4.69, 9.17) is 32.7 Å². The SMILES string of the molecule is CNC(=O)C(C(C(=O)N(C)C)N1CCN(CCCCCOc2ccc(C(=O)c3ccc(Cl)cc3)cc2)CC1)N1CCN(CCCCCOc2ccc(C(=O)c3ccc(Cl)cc3)cc2)CC1. The van der Waals surface area contributed by atoms with Crippen molar-refractivity contribution in [3.63, 3.8) is 0 Å². The van der Waals surface area contributed by atoms with Gasteiger partial charge in [-0.25, -0.2) is 0 Å². The molecular formula is C51H64Cl2N6O6. The van der Waals surface area contributed by atoms with Crippen LogP contribution < -0.4 is 14.8 Å². The number of rotatable bonds is 23. The predicted molar refractivity (Wildman–Crippen MR) is 258 cm³/mol. The number of amides is 2. The Hall–Kier alpha value is -4.82. The molecule has 2 atom stereocenters. The minimum absolute atomic E-state index is 0.0399. The molecule has 65 heavy (non-hydrogen) atoms. The largest absolute Gasteiger partial charge is 0.494 e. The van der Waals surface area contributed by atoms with Crippen LogP contribution in [0, 0.1) is 0 Å². The van der Waals surface area contributed by atoms with Gasteiger partial charge in [-0.2, -0.15) is 0 Å². The van der Waals surface area contributed by atoms with E-state index in [2.05, 4.69) is 24.9 Å². The molecule has 14 heteroatoms. The van der Waals surface area contributed by atoms with Gasteiger partial charge in [0.1, 0.15) is 23.6 Å². The van der Waals surface area contributed by atoms with E-state index in [0.29, 0.717) is 58.6 Å². The van der Waals surface area contributed by atoms with Crippen LogP contribution in [0.1, 0.15) is 70.4 Å². The zero-order valence-corrected chi connectivity index (χ0v) is 39.6. The van der Waals surface area contributed by atoms with Crippen LogP contribution in [-0.2, 0) is 9.59 Å². The van der Waals surface area contributed by atoms with Crippen molar-refractivity contribution < 1.29 is 28.7 Å². The van der Waals surface area contributed by atoms with Gasteiger partial charge in [0.15, 0.2) is 11.6 Å². The summed E-state index contributed by atoms with van der Waals surface area (Å²) in [5.74, 6) is 1.23. The van der Waals surface area contributed by atoms with E-state index >= 15 is 0 Å². The lowest BCUT2D eigenvalue weighted by Crippen LogP contribution is -2.67. The summed E-state index contributed by atoms with van der Waals surface area (Å²) in [5, 5.41) is 4.08. The van der Waals surface area contributed by atoms with Gasteiger partial charge in [-0.15, -0.1) is 0 Å². The van der Waals surface area contributed by atoms with Crippen LogP contribution in [0.3, 0.4) is 0 Å². The molecule has 0 bridgehead atoms. The zero-order valence-electron chi connectivity index (χ0n) is 38.1. The van der Waals surface area contributed by atoms with Gasteiger partial charge in [0.25, 0.3) is 0 Å². The summed E-state index contributed by atoms with van der Waals surface area (Å²) < 4.78 is 11.9. The lowest BCUT2D eigenvalue weighted by atomic mass is 9.99. The van der Waals surface area contributed by atoms with Gasteiger partial charge in [0.2, 0.25) is 11.8 Å². The first-order chi connectivity index (χ1) is 31.5. The van der Waals surface area contributed by atoms with Crippen LogP contribution in [0.2, 0.25) is 10.0 Å². The van der Waals surface area contributed by atoms with Crippen LogP contribution >= 0.6 is 23.2 Å². The van der Waals surface area contributed by atoms with E-state index in [9.17, 15) is 19.2 Å². The summed E-state index contributed by atoms with van der Waals surface area (Å²) in [6.45, 7) is 9.38. The third-order valence-corrected chi connectivity index (χ3v) is 12.8. The lowest BCUT2D eigenvalue weighted by molar-refractivity contribution is -0.145. The van der Waals surface area contributed by atoms with Crippen LogP contribution in [0.5, 0.6) is 11.5 Å². The Morgan fingerprint density at radius 1 is 0.523 bits per heavy atom. The Morgan fingerprint density at radius 3 is 1.23 bits per heavy atom. The summed E-state index contributed by atoms with van der Waals surface area (Å²) in [5.41, 5.74) is 2.41. The first-order valence-corrected chi connectivity index (χ1v) is 23.7. The van der Waals surface area contributed by atoms with E-state index in [0.717, 1.165) is 102 Å². The van der Waals surface area contributed by atoms with Gasteiger partial charge in [-0.1, -0.05) is 23.2 Å². The average molecular weight is 928 g/mol. The molecular weight excluding hydrogens is 864 g/mol. The number of piperazine rings is 2. The van der Waals surface area contributed by atoms with Gasteiger partial charge < -0.3 is 29.5 Å². The second kappa shape index (κ2) is 25.2. The highest BCUT2D eigenvalue weighted by atomic mass is 35.5. The van der Waals surface area contributed by atoms with E-state index in [-0.39, 0.29) is 23.4 Å². The number of carbonyl (C=O) groups excluding carboxylic acids is 4. The minimum atomic E-state index is -0.578. The zero-order chi connectivity index (χ0) is 46.1. The van der Waals surface area contributed by atoms with Crippen molar-refractivity contribution in [1.29, 1.82) is 0 Å². The van der Waals surface area contributed by atoms with E-state index < -0.39 is 12.1 Å². The molecule has 2 unspecified atom stereocenters. The lowest BCUT2D eigenvalue weighted by Gasteiger charge is -2.46. The number of nitrogens with zero attached hydrogens (tertiary/aromatic N) is 5. The highest BCUT2D eigenvalue weighted by molar-refractivity contribution is 6.31. The smallest absolute Gasteiger partial charge is 0.241 e. The summed E-state index contributed by atoms with van der Waals surface area (Å²) in [6, 6.07) is 27.2. The molecule has 2 aliphatic rings. The van der Waals surface area contributed by atoms with Gasteiger partial charge >= 0.3 is 0 Å². The Labute approximate surface area is 394 Å². The predicted octanol–water partition coefficient (Wildman–Crippen LogP) is 7.06. The molecule has 1 N–H and O–H groups in total. The molecule has 4 aromatic carbocycles. The van der Waals surface area contributed by atoms with E-state index in [1.54, 1.807) is 98.8 Å². The third-order valence-electron chi connectivity index (χ3n) is 12.3. The Morgan fingerprint density at radius 2 is 0.877 bits per heavy atom. The van der Waals surface area contributed by atoms with Crippen molar-refractivity contribution in [3.8, 4) is 11.5 Å². The minimum Gasteiger partial charge on any atom is -0.494 e. The number of ketones is 2. The number of hydrogen-bond donors (Lipinski definition) is 1. The fraction of sp³-hybridized carbons (Fsp3) is 0.451. The number of likely N-dealkylation sites (N-methyl/N-ethyl adjacent to an activating group) is 2. The maximum atomic E-state index is 13.9. The second-order valence-electron chi connectivity index (χ2n) is 17.0. The number of benzene rings is 4. The van der Waals surface area contributed by atoms with Crippen LogP contribution in [0.4, 0.5) is 0 Å². The molecule has 6 rings (SSSR count). The maximum Gasteiger partial charge on any atom is 0.241 e. The van der Waals surface area contributed by atoms with Gasteiger partial charge in [-0.05, 0) is 149 Å². The monoisotopic (exact) mass is 926 g/mol. The number of halogens is 2. The maximum absolute atomic E-state index is 13.9. The molecule has 2 fully saturated rings. The fourth-order valence-electron chi connectivity index (χ4n) is 8.49. The molecule has 2 amide bonds. The number of unbranched alkanes of at least 4 members (excludes halogenated alkanes) is 4. The van der Waals surface area contributed by atoms with Gasteiger partial charge in [-0.3, -0.25) is 29.0 Å². The van der Waals surface area contributed by atoms with Gasteiger partial charge in [0, 0.05) is 106 Å². The molecule has 0 aliphatic carbocycles. The number of hydrogen-bond acceptors (Lipinski definition) is 10. The average Bonchev–Trinajstić information content (AvgIpc) is 3.33. The van der Waals surface area contributed by atoms with Crippen molar-refractivity contribution >= 4 is 46.6 Å². The molecule has 0 aromatic heterocycles. The number of nitrogens with one attached hydrogen (secondary N) is 1. The van der Waals surface area contributed by atoms with Crippen LogP contribution in [-0.4, -0.2) is 160 Å². The number of carbonyl (C=O) groups is 4. The molecule has 0 spiro atoms. The van der Waals surface area contributed by atoms with Crippen molar-refractivity contribution in [2.24, 2.45) is 0 Å². The van der Waals surface area contributed by atoms with E-state index in [1.165, 1.54) is 0 Å². The topological polar surface area (TPSA) is 115 Å². The molecule has 12 nitrogen and oxygen atoms in total. The highest BCUT2D eigenvalue weighted by Gasteiger charge is 2.43. The third kappa shape index (κ3) is 14.6. The van der Waals surface area contributed by atoms with Crippen molar-refractivity contribution in [1.82, 2.24) is 29.8 Å². The summed E-state index contributed by atoms with van der Waals surface area (Å²) in [7, 11) is 5.22.